The van der Waals surface area contributed by atoms with Crippen molar-refractivity contribution in [2.75, 3.05) is 0 Å². The Morgan fingerprint density at radius 3 is 2.25 bits per heavy atom. The zero-order valence-electron chi connectivity index (χ0n) is 9.20. The minimum atomic E-state index is 0.204. The predicted molar refractivity (Wildman–Crippen MR) is 56.1 cm³/mol. The van der Waals surface area contributed by atoms with Crippen molar-refractivity contribution in [2.45, 2.75) is 53.0 Å². The molecule has 0 aromatic rings. The maximum absolute atomic E-state index is 4.01. The molecule has 72 valence electrons. The summed E-state index contributed by atoms with van der Waals surface area (Å²) in [4.78, 5) is 0. The van der Waals surface area contributed by atoms with Gasteiger partial charge in [-0.1, -0.05) is 33.8 Å². The molecule has 0 fully saturated rings. The minimum Gasteiger partial charge on any atom is -0.384 e. The molecule has 0 rings (SSSR count). The van der Waals surface area contributed by atoms with Crippen molar-refractivity contribution in [2.24, 2.45) is 5.92 Å². The zero-order chi connectivity index (χ0) is 9.78. The van der Waals surface area contributed by atoms with Gasteiger partial charge in [-0.3, -0.25) is 0 Å². The van der Waals surface area contributed by atoms with Crippen molar-refractivity contribution in [1.82, 2.24) is 5.32 Å². The number of nitrogens with one attached hydrogen (secondary N) is 1. The van der Waals surface area contributed by atoms with Crippen LogP contribution < -0.4 is 5.32 Å². The van der Waals surface area contributed by atoms with Gasteiger partial charge in [0.1, 0.15) is 0 Å². The van der Waals surface area contributed by atoms with Crippen molar-refractivity contribution >= 4 is 0 Å². The zero-order valence-corrected chi connectivity index (χ0v) is 9.20. The van der Waals surface area contributed by atoms with E-state index in [2.05, 4.69) is 46.5 Å². The molecule has 0 aliphatic rings. The molecule has 0 saturated carbocycles. The minimum absolute atomic E-state index is 0.204. The van der Waals surface area contributed by atoms with E-state index in [1.807, 2.05) is 0 Å². The fourth-order valence-electron chi connectivity index (χ4n) is 1.27. The molecule has 0 amide bonds. The highest BCUT2D eigenvalue weighted by Crippen LogP contribution is 2.15. The second-order valence-corrected chi connectivity index (χ2v) is 4.44. The number of allylic oxidation sites excluding steroid dienone is 1. The fraction of sp³-hybridized carbons (Fsp3) is 0.818. The van der Waals surface area contributed by atoms with Gasteiger partial charge >= 0.3 is 0 Å². The molecule has 0 aliphatic heterocycles. The summed E-state index contributed by atoms with van der Waals surface area (Å²) in [6.45, 7) is 15.0. The number of rotatable bonds is 5. The molecule has 0 atom stereocenters. The Bertz CT molecular complexity index is 145. The molecular formula is C11H23N. The average molecular weight is 169 g/mol. The molecule has 1 N–H and O–H groups in total. The Morgan fingerprint density at radius 1 is 1.42 bits per heavy atom. The van der Waals surface area contributed by atoms with Crippen LogP contribution in [0, 0.1) is 5.92 Å². The summed E-state index contributed by atoms with van der Waals surface area (Å²) in [7, 11) is 0. The highest BCUT2D eigenvalue weighted by atomic mass is 15.0. The second kappa shape index (κ2) is 4.54. The summed E-state index contributed by atoms with van der Waals surface area (Å²) in [6.07, 6.45) is 2.41. The first kappa shape index (κ1) is 11.5. The fourth-order valence-corrected chi connectivity index (χ4v) is 1.27. The van der Waals surface area contributed by atoms with Gasteiger partial charge in [0, 0.05) is 11.2 Å². The van der Waals surface area contributed by atoms with E-state index in [-0.39, 0.29) is 5.54 Å². The van der Waals surface area contributed by atoms with Crippen LogP contribution in [0.3, 0.4) is 0 Å². The second-order valence-electron chi connectivity index (χ2n) is 4.44. The molecule has 12 heavy (non-hydrogen) atoms. The maximum Gasteiger partial charge on any atom is 0.0314 e. The Kier molecular flexibility index (Phi) is 4.36. The molecule has 0 unspecified atom stereocenters. The summed E-state index contributed by atoms with van der Waals surface area (Å²) < 4.78 is 0. The molecule has 0 aromatic carbocycles. The molecule has 0 aromatic heterocycles. The normalized spacial score (nSPS) is 11.8. The van der Waals surface area contributed by atoms with Crippen LogP contribution >= 0.6 is 0 Å². The molecule has 0 aliphatic carbocycles. The predicted octanol–water partition coefficient (Wildman–Crippen LogP) is 3.32. The smallest absolute Gasteiger partial charge is 0.0314 e. The lowest BCUT2D eigenvalue weighted by atomic mass is 9.97. The Labute approximate surface area is 77.2 Å². The summed E-state index contributed by atoms with van der Waals surface area (Å²) in [5.41, 5.74) is 1.35. The van der Waals surface area contributed by atoms with E-state index in [1.165, 1.54) is 12.8 Å². The van der Waals surface area contributed by atoms with E-state index in [0.717, 1.165) is 5.70 Å². The van der Waals surface area contributed by atoms with E-state index in [0.29, 0.717) is 5.92 Å². The molecule has 0 radical (unpaired) electrons. The quantitative estimate of drug-likeness (QED) is 0.665. The van der Waals surface area contributed by atoms with E-state index in [4.69, 9.17) is 0 Å². The van der Waals surface area contributed by atoms with Crippen LogP contribution in [0.4, 0.5) is 0 Å². The standard InChI is InChI=1S/C11H23N/c1-7-8-11(5,6)12-10(4)9(2)3/h9,12H,4,7-8H2,1-3,5-6H3. The molecule has 0 bridgehead atoms. The van der Waals surface area contributed by atoms with Crippen LogP contribution in [0.25, 0.3) is 0 Å². The third-order valence-corrected chi connectivity index (χ3v) is 2.07. The molecule has 1 nitrogen and oxygen atoms in total. The van der Waals surface area contributed by atoms with E-state index >= 15 is 0 Å². The van der Waals surface area contributed by atoms with E-state index in [1.54, 1.807) is 0 Å². The number of hydrogen-bond acceptors (Lipinski definition) is 1. The van der Waals surface area contributed by atoms with E-state index in [9.17, 15) is 0 Å². The third kappa shape index (κ3) is 4.42. The van der Waals surface area contributed by atoms with Crippen molar-refractivity contribution < 1.29 is 0 Å². The van der Waals surface area contributed by atoms with Crippen LogP contribution in [-0.2, 0) is 0 Å². The van der Waals surface area contributed by atoms with Crippen LogP contribution in [0.5, 0.6) is 0 Å². The van der Waals surface area contributed by atoms with Gasteiger partial charge < -0.3 is 5.32 Å². The molecule has 0 heterocycles. The van der Waals surface area contributed by atoms with Gasteiger partial charge in [-0.2, -0.15) is 0 Å². The van der Waals surface area contributed by atoms with Gasteiger partial charge in [0.05, 0.1) is 0 Å². The molecular weight excluding hydrogens is 146 g/mol. The first-order valence-corrected chi connectivity index (χ1v) is 4.86. The van der Waals surface area contributed by atoms with Gasteiger partial charge in [-0.05, 0) is 26.2 Å². The van der Waals surface area contributed by atoms with Crippen LogP contribution in [0.1, 0.15) is 47.5 Å². The first-order valence-electron chi connectivity index (χ1n) is 4.86. The van der Waals surface area contributed by atoms with Gasteiger partial charge in [0.25, 0.3) is 0 Å². The monoisotopic (exact) mass is 169 g/mol. The van der Waals surface area contributed by atoms with Crippen LogP contribution in [-0.4, -0.2) is 5.54 Å². The van der Waals surface area contributed by atoms with Crippen LogP contribution in [0.15, 0.2) is 12.3 Å². The SMILES string of the molecule is C=C(NC(C)(C)CCC)C(C)C. The number of hydrogen-bond donors (Lipinski definition) is 1. The lowest BCUT2D eigenvalue weighted by Crippen LogP contribution is -2.39. The Balaban J connectivity index is 3.96. The van der Waals surface area contributed by atoms with Gasteiger partial charge in [0.2, 0.25) is 0 Å². The van der Waals surface area contributed by atoms with Crippen molar-refractivity contribution in [1.29, 1.82) is 0 Å². The van der Waals surface area contributed by atoms with Gasteiger partial charge in [0.15, 0.2) is 0 Å². The first-order chi connectivity index (χ1) is 5.39. The Hall–Kier alpha value is -0.460. The summed E-state index contributed by atoms with van der Waals surface area (Å²) in [6, 6.07) is 0. The largest absolute Gasteiger partial charge is 0.384 e. The Morgan fingerprint density at radius 2 is 1.92 bits per heavy atom. The topological polar surface area (TPSA) is 12.0 Å². The maximum atomic E-state index is 4.01. The van der Waals surface area contributed by atoms with Crippen molar-refractivity contribution in [3.05, 3.63) is 12.3 Å². The molecule has 0 saturated heterocycles. The highest BCUT2D eigenvalue weighted by molar-refractivity contribution is 4.99. The van der Waals surface area contributed by atoms with Crippen molar-refractivity contribution in [3.63, 3.8) is 0 Å². The lowest BCUT2D eigenvalue weighted by Gasteiger charge is -2.29. The van der Waals surface area contributed by atoms with Gasteiger partial charge in [-0.15, -0.1) is 0 Å². The summed E-state index contributed by atoms with van der Waals surface area (Å²) in [5.74, 6) is 0.529. The van der Waals surface area contributed by atoms with Crippen molar-refractivity contribution in [3.8, 4) is 0 Å². The summed E-state index contributed by atoms with van der Waals surface area (Å²) >= 11 is 0. The highest BCUT2D eigenvalue weighted by Gasteiger charge is 2.16. The molecule has 1 heteroatoms. The lowest BCUT2D eigenvalue weighted by molar-refractivity contribution is 0.377. The molecule has 0 spiro atoms. The van der Waals surface area contributed by atoms with Gasteiger partial charge in [-0.25, -0.2) is 0 Å². The average Bonchev–Trinajstić information content (AvgIpc) is 1.85. The summed E-state index contributed by atoms with van der Waals surface area (Å²) in [5, 5.41) is 3.46. The van der Waals surface area contributed by atoms with Crippen LogP contribution in [0.2, 0.25) is 0 Å². The third-order valence-electron chi connectivity index (χ3n) is 2.07. The van der Waals surface area contributed by atoms with E-state index < -0.39 is 0 Å².